The summed E-state index contributed by atoms with van der Waals surface area (Å²) in [6.45, 7) is 1.96. The molecule has 5 heteroatoms. The molecule has 0 atom stereocenters. The molecule has 4 nitrogen and oxygen atoms in total. The van der Waals surface area contributed by atoms with Crippen LogP contribution in [0.3, 0.4) is 0 Å². The predicted octanol–water partition coefficient (Wildman–Crippen LogP) is 3.13. The van der Waals surface area contributed by atoms with Gasteiger partial charge in [-0.25, -0.2) is 8.42 Å². The van der Waals surface area contributed by atoms with Crippen LogP contribution in [-0.2, 0) is 9.84 Å². The zero-order valence-electron chi connectivity index (χ0n) is 11.3. The van der Waals surface area contributed by atoms with Crippen LogP contribution >= 0.6 is 0 Å². The predicted molar refractivity (Wildman–Crippen MR) is 77.9 cm³/mol. The molecular weight excluding hydrogens is 272 g/mol. The molecule has 0 aliphatic carbocycles. The van der Waals surface area contributed by atoms with E-state index in [9.17, 15) is 8.42 Å². The molecule has 2 aromatic rings. The number of benzene rings is 1. The fraction of sp³-hybridized carbons (Fsp3) is 0.267. The first-order valence-electron chi connectivity index (χ1n) is 6.49. The molecule has 0 radical (unpaired) electrons. The molecule has 0 amide bonds. The van der Waals surface area contributed by atoms with Crippen molar-refractivity contribution in [2.24, 2.45) is 0 Å². The van der Waals surface area contributed by atoms with Crippen LogP contribution in [0.1, 0.15) is 25.3 Å². The Morgan fingerprint density at radius 1 is 1.20 bits per heavy atom. The number of nitriles is 1. The molecule has 20 heavy (non-hydrogen) atoms. The van der Waals surface area contributed by atoms with Crippen molar-refractivity contribution in [2.45, 2.75) is 24.7 Å². The van der Waals surface area contributed by atoms with Gasteiger partial charge < -0.3 is 4.98 Å². The number of H-pyrrole nitrogens is 1. The molecular formula is C15H16N2O2S. The summed E-state index contributed by atoms with van der Waals surface area (Å²) in [4.78, 5) is 3.15. The normalized spacial score (nSPS) is 11.2. The Kier molecular flexibility index (Phi) is 4.26. The summed E-state index contributed by atoms with van der Waals surface area (Å²) >= 11 is 0. The Hall–Kier alpha value is -2.06. The second-order valence-corrected chi connectivity index (χ2v) is 6.64. The van der Waals surface area contributed by atoms with Crippen LogP contribution in [0.25, 0.3) is 11.1 Å². The lowest BCUT2D eigenvalue weighted by atomic mass is 10.1. The Bertz CT molecular complexity index is 739. The lowest BCUT2D eigenvalue weighted by Crippen LogP contribution is -2.08. The van der Waals surface area contributed by atoms with Gasteiger partial charge in [0.25, 0.3) is 0 Å². The highest BCUT2D eigenvalue weighted by molar-refractivity contribution is 7.91. The number of aromatic nitrogens is 1. The quantitative estimate of drug-likeness (QED) is 0.918. The van der Waals surface area contributed by atoms with Crippen molar-refractivity contribution in [3.63, 3.8) is 0 Å². The molecule has 1 N–H and O–H groups in total. The molecule has 1 aromatic heterocycles. The second kappa shape index (κ2) is 5.93. The van der Waals surface area contributed by atoms with Crippen LogP contribution < -0.4 is 0 Å². The first-order valence-corrected chi connectivity index (χ1v) is 8.14. The Labute approximate surface area is 119 Å². The van der Waals surface area contributed by atoms with Gasteiger partial charge in [-0.05, 0) is 12.5 Å². The molecule has 0 aliphatic rings. The highest BCUT2D eigenvalue weighted by atomic mass is 32.2. The fourth-order valence-corrected chi connectivity index (χ4v) is 3.77. The maximum atomic E-state index is 12.4. The van der Waals surface area contributed by atoms with Crippen molar-refractivity contribution in [2.75, 3.05) is 5.75 Å². The molecule has 0 bridgehead atoms. The van der Waals surface area contributed by atoms with Gasteiger partial charge in [0.2, 0.25) is 0 Å². The summed E-state index contributed by atoms with van der Waals surface area (Å²) in [6, 6.07) is 8.90. The molecule has 0 saturated heterocycles. The minimum absolute atomic E-state index is 0.132. The van der Waals surface area contributed by atoms with Gasteiger partial charge >= 0.3 is 0 Å². The molecule has 2 rings (SSSR count). The smallest absolute Gasteiger partial charge is 0.178 e. The van der Waals surface area contributed by atoms with Crippen LogP contribution in [-0.4, -0.2) is 19.2 Å². The molecule has 1 aromatic carbocycles. The van der Waals surface area contributed by atoms with E-state index in [4.69, 9.17) is 5.26 Å². The van der Waals surface area contributed by atoms with Crippen molar-refractivity contribution in [1.82, 2.24) is 4.98 Å². The standard InChI is InChI=1S/C15H16N2O2S/c1-2-3-8-20(18,19)15-7-5-4-6-13(15)14-11-17-10-12(14)9-16/h4-7,10-11,17H,2-3,8H2,1H3. The Morgan fingerprint density at radius 2 is 1.95 bits per heavy atom. The van der Waals surface area contributed by atoms with Crippen LogP contribution in [0.2, 0.25) is 0 Å². The molecule has 104 valence electrons. The molecule has 0 aliphatic heterocycles. The summed E-state index contributed by atoms with van der Waals surface area (Å²) in [5.74, 6) is 0.132. The van der Waals surface area contributed by atoms with Crippen LogP contribution in [0.4, 0.5) is 0 Å². The average molecular weight is 288 g/mol. The van der Waals surface area contributed by atoms with Gasteiger partial charge in [-0.2, -0.15) is 5.26 Å². The third-order valence-electron chi connectivity index (χ3n) is 3.14. The van der Waals surface area contributed by atoms with E-state index in [1.165, 1.54) is 0 Å². The van der Waals surface area contributed by atoms with Crippen molar-refractivity contribution in [3.8, 4) is 17.2 Å². The molecule has 0 saturated carbocycles. The average Bonchev–Trinajstić information content (AvgIpc) is 2.93. The number of nitrogens with one attached hydrogen (secondary N) is 1. The zero-order valence-corrected chi connectivity index (χ0v) is 12.1. The second-order valence-electron chi connectivity index (χ2n) is 4.56. The lowest BCUT2D eigenvalue weighted by molar-refractivity contribution is 0.593. The topological polar surface area (TPSA) is 73.7 Å². The molecule has 1 heterocycles. The van der Waals surface area contributed by atoms with Crippen LogP contribution in [0.15, 0.2) is 41.6 Å². The maximum absolute atomic E-state index is 12.4. The van der Waals surface area contributed by atoms with Crippen molar-refractivity contribution >= 4 is 9.84 Å². The first kappa shape index (κ1) is 14.4. The van der Waals surface area contributed by atoms with Gasteiger partial charge in [-0.3, -0.25) is 0 Å². The van der Waals surface area contributed by atoms with Gasteiger partial charge in [0.1, 0.15) is 6.07 Å². The summed E-state index contributed by atoms with van der Waals surface area (Å²) < 4.78 is 24.8. The first-order chi connectivity index (χ1) is 9.60. The van der Waals surface area contributed by atoms with E-state index in [2.05, 4.69) is 11.1 Å². The maximum Gasteiger partial charge on any atom is 0.178 e. The largest absolute Gasteiger partial charge is 0.366 e. The van der Waals surface area contributed by atoms with Crippen molar-refractivity contribution < 1.29 is 8.42 Å². The summed E-state index contributed by atoms with van der Waals surface area (Å²) in [5, 5.41) is 9.08. The fourth-order valence-electron chi connectivity index (χ4n) is 2.08. The number of rotatable bonds is 5. The Morgan fingerprint density at radius 3 is 2.65 bits per heavy atom. The summed E-state index contributed by atoms with van der Waals surface area (Å²) in [6.07, 6.45) is 4.70. The van der Waals surface area contributed by atoms with Crippen LogP contribution in [0.5, 0.6) is 0 Å². The van der Waals surface area contributed by atoms with Gasteiger partial charge in [0.05, 0.1) is 16.2 Å². The molecule has 0 fully saturated rings. The molecule has 0 unspecified atom stereocenters. The van der Waals surface area contributed by atoms with Gasteiger partial charge in [0.15, 0.2) is 9.84 Å². The lowest BCUT2D eigenvalue weighted by Gasteiger charge is -2.09. The van der Waals surface area contributed by atoms with Crippen molar-refractivity contribution in [3.05, 3.63) is 42.2 Å². The van der Waals surface area contributed by atoms with E-state index in [1.807, 2.05) is 6.92 Å². The van der Waals surface area contributed by atoms with E-state index in [1.54, 1.807) is 36.7 Å². The SMILES string of the molecule is CCCCS(=O)(=O)c1ccccc1-c1c[nH]cc1C#N. The highest BCUT2D eigenvalue weighted by Gasteiger charge is 2.20. The molecule has 0 spiro atoms. The number of aromatic amines is 1. The van der Waals surface area contributed by atoms with Gasteiger partial charge in [-0.1, -0.05) is 31.5 Å². The minimum Gasteiger partial charge on any atom is -0.366 e. The Balaban J connectivity index is 2.55. The van der Waals surface area contributed by atoms with E-state index >= 15 is 0 Å². The minimum atomic E-state index is -3.33. The van der Waals surface area contributed by atoms with E-state index < -0.39 is 9.84 Å². The van der Waals surface area contributed by atoms with E-state index in [0.29, 0.717) is 28.0 Å². The number of hydrogen-bond acceptors (Lipinski definition) is 3. The van der Waals surface area contributed by atoms with Crippen molar-refractivity contribution in [1.29, 1.82) is 5.26 Å². The third-order valence-corrected chi connectivity index (χ3v) is 5.00. The zero-order chi connectivity index (χ0) is 14.6. The van der Waals surface area contributed by atoms with Gasteiger partial charge in [0, 0.05) is 23.5 Å². The monoisotopic (exact) mass is 288 g/mol. The highest BCUT2D eigenvalue weighted by Crippen LogP contribution is 2.30. The number of hydrogen-bond donors (Lipinski definition) is 1. The van der Waals surface area contributed by atoms with Gasteiger partial charge in [-0.15, -0.1) is 0 Å². The number of sulfone groups is 1. The van der Waals surface area contributed by atoms with Crippen LogP contribution in [0, 0.1) is 11.3 Å². The van der Waals surface area contributed by atoms with E-state index in [-0.39, 0.29) is 5.75 Å². The number of unbranched alkanes of at least 4 members (excludes halogenated alkanes) is 1. The summed E-state index contributed by atoms with van der Waals surface area (Å²) in [5.41, 5.74) is 1.66. The summed E-state index contributed by atoms with van der Waals surface area (Å²) in [7, 11) is -3.33. The number of nitrogens with zero attached hydrogens (tertiary/aromatic N) is 1. The van der Waals surface area contributed by atoms with E-state index in [0.717, 1.165) is 6.42 Å². The third kappa shape index (κ3) is 2.75.